The standard InChI is InChI=1S/C21H29FO7/c1-20(2,3)29-19(25)21(12-26-4)8-6-13(7-9-21)28-17-10-14(18(23)24)16(27-5)11-15(17)22/h10-11,13H,6-9,12H2,1-5H3,(H,23,24)/t13-,21-. The van der Waals surface area contributed by atoms with Crippen LogP contribution >= 0.6 is 0 Å². The third-order valence-electron chi connectivity index (χ3n) is 4.92. The molecule has 1 fully saturated rings. The number of carboxylic acid groups (broad SMARTS) is 1. The highest BCUT2D eigenvalue weighted by Crippen LogP contribution is 2.40. The number of ether oxygens (including phenoxy) is 4. The van der Waals surface area contributed by atoms with Crippen LogP contribution in [0.3, 0.4) is 0 Å². The molecule has 0 unspecified atom stereocenters. The molecule has 1 saturated carbocycles. The van der Waals surface area contributed by atoms with Crippen molar-refractivity contribution in [2.75, 3.05) is 20.8 Å². The Kier molecular flexibility index (Phi) is 7.11. The summed E-state index contributed by atoms with van der Waals surface area (Å²) in [5.41, 5.74) is -1.56. The van der Waals surface area contributed by atoms with Gasteiger partial charge in [-0.1, -0.05) is 0 Å². The molecular formula is C21H29FO7. The van der Waals surface area contributed by atoms with Crippen LogP contribution in [0.4, 0.5) is 4.39 Å². The minimum Gasteiger partial charge on any atom is -0.496 e. The zero-order chi connectivity index (χ0) is 21.8. The molecule has 7 nitrogen and oxygen atoms in total. The van der Waals surface area contributed by atoms with Gasteiger partial charge < -0.3 is 24.1 Å². The molecule has 8 heteroatoms. The highest BCUT2D eigenvalue weighted by Gasteiger charge is 2.45. The van der Waals surface area contributed by atoms with E-state index in [9.17, 15) is 19.1 Å². The molecule has 0 bridgehead atoms. The van der Waals surface area contributed by atoms with Crippen LogP contribution in [0.5, 0.6) is 11.5 Å². The fourth-order valence-corrected chi connectivity index (χ4v) is 3.47. The van der Waals surface area contributed by atoms with E-state index in [0.29, 0.717) is 25.7 Å². The van der Waals surface area contributed by atoms with Gasteiger partial charge in [0.2, 0.25) is 0 Å². The van der Waals surface area contributed by atoms with E-state index in [0.717, 1.165) is 12.1 Å². The average molecular weight is 412 g/mol. The zero-order valence-corrected chi connectivity index (χ0v) is 17.5. The fraction of sp³-hybridized carbons (Fsp3) is 0.619. The number of rotatable bonds is 7. The van der Waals surface area contributed by atoms with Gasteiger partial charge in [-0.2, -0.15) is 0 Å². The van der Waals surface area contributed by atoms with E-state index in [-0.39, 0.29) is 35.7 Å². The van der Waals surface area contributed by atoms with Crippen LogP contribution < -0.4 is 9.47 Å². The molecule has 0 atom stereocenters. The summed E-state index contributed by atoms with van der Waals surface area (Å²) in [6.07, 6.45) is 1.54. The number of hydrogen-bond donors (Lipinski definition) is 1. The number of hydrogen-bond acceptors (Lipinski definition) is 6. The van der Waals surface area contributed by atoms with Crippen molar-refractivity contribution in [2.45, 2.75) is 58.2 Å². The molecule has 1 aliphatic rings. The molecule has 0 heterocycles. The van der Waals surface area contributed by atoms with E-state index in [1.807, 2.05) is 20.8 Å². The lowest BCUT2D eigenvalue weighted by Crippen LogP contribution is -2.45. The Hall–Kier alpha value is -2.35. The van der Waals surface area contributed by atoms with Crippen molar-refractivity contribution < 1.29 is 38.0 Å². The first-order valence-corrected chi connectivity index (χ1v) is 9.51. The number of benzene rings is 1. The Morgan fingerprint density at radius 1 is 1.17 bits per heavy atom. The van der Waals surface area contributed by atoms with Crippen molar-refractivity contribution in [1.82, 2.24) is 0 Å². The molecule has 162 valence electrons. The normalized spacial score (nSPS) is 22.1. The van der Waals surface area contributed by atoms with Crippen LogP contribution in [0.25, 0.3) is 0 Å². The zero-order valence-electron chi connectivity index (χ0n) is 17.5. The monoisotopic (exact) mass is 412 g/mol. The second kappa shape index (κ2) is 8.98. The maximum absolute atomic E-state index is 14.3. The summed E-state index contributed by atoms with van der Waals surface area (Å²) in [4.78, 5) is 24.1. The minimum absolute atomic E-state index is 0.0740. The number of carboxylic acids is 1. The smallest absolute Gasteiger partial charge is 0.339 e. The third kappa shape index (κ3) is 5.59. The fourth-order valence-electron chi connectivity index (χ4n) is 3.47. The Bertz CT molecular complexity index is 746. The third-order valence-corrected chi connectivity index (χ3v) is 4.92. The summed E-state index contributed by atoms with van der Waals surface area (Å²) in [6.45, 7) is 5.67. The minimum atomic E-state index is -1.24. The number of halogens is 1. The van der Waals surface area contributed by atoms with E-state index in [1.54, 1.807) is 0 Å². The molecule has 0 amide bonds. The SMILES string of the molecule is COC[C@]1(C(=O)OC(C)(C)C)CC[C@H](Oc2cc(C(=O)O)c(OC)cc2F)CC1. The number of carbonyl (C=O) groups excluding carboxylic acids is 1. The molecule has 0 aromatic heterocycles. The second-order valence-electron chi connectivity index (χ2n) is 8.32. The molecule has 1 aromatic carbocycles. The van der Waals surface area contributed by atoms with Crippen molar-refractivity contribution in [2.24, 2.45) is 5.41 Å². The van der Waals surface area contributed by atoms with Gasteiger partial charge in [-0.3, -0.25) is 4.79 Å². The maximum atomic E-state index is 14.3. The van der Waals surface area contributed by atoms with Crippen molar-refractivity contribution in [3.05, 3.63) is 23.5 Å². The van der Waals surface area contributed by atoms with E-state index in [2.05, 4.69) is 0 Å². The maximum Gasteiger partial charge on any atom is 0.339 e. The number of esters is 1. The van der Waals surface area contributed by atoms with Crippen LogP contribution in [0, 0.1) is 11.2 Å². The van der Waals surface area contributed by atoms with E-state index in [1.165, 1.54) is 14.2 Å². The Morgan fingerprint density at radius 3 is 2.28 bits per heavy atom. The lowest BCUT2D eigenvalue weighted by Gasteiger charge is -2.39. The first-order chi connectivity index (χ1) is 13.5. The molecule has 0 radical (unpaired) electrons. The molecule has 2 rings (SSSR count). The number of aromatic carboxylic acids is 1. The molecule has 0 spiro atoms. The Balaban J connectivity index is 2.13. The van der Waals surface area contributed by atoms with E-state index >= 15 is 0 Å². The topological polar surface area (TPSA) is 91.3 Å². The Morgan fingerprint density at radius 2 is 1.79 bits per heavy atom. The van der Waals surface area contributed by atoms with Gasteiger partial charge in [0.25, 0.3) is 0 Å². The summed E-state index contributed by atoms with van der Waals surface area (Å²) >= 11 is 0. The first kappa shape index (κ1) is 22.9. The summed E-state index contributed by atoms with van der Waals surface area (Å²) in [7, 11) is 2.81. The van der Waals surface area contributed by atoms with E-state index in [4.69, 9.17) is 18.9 Å². The molecular weight excluding hydrogens is 383 g/mol. The van der Waals surface area contributed by atoms with Gasteiger partial charge in [-0.05, 0) is 46.5 Å². The molecule has 0 saturated heterocycles. The van der Waals surface area contributed by atoms with Gasteiger partial charge in [-0.15, -0.1) is 0 Å². The van der Waals surface area contributed by atoms with Crippen molar-refractivity contribution in [1.29, 1.82) is 0 Å². The molecule has 1 aliphatic carbocycles. The van der Waals surface area contributed by atoms with Gasteiger partial charge >= 0.3 is 11.9 Å². The predicted molar refractivity (Wildman–Crippen MR) is 103 cm³/mol. The Labute approximate surface area is 170 Å². The van der Waals surface area contributed by atoms with Gasteiger partial charge in [-0.25, -0.2) is 9.18 Å². The van der Waals surface area contributed by atoms with Gasteiger partial charge in [0, 0.05) is 19.2 Å². The quantitative estimate of drug-likeness (QED) is 0.681. The first-order valence-electron chi connectivity index (χ1n) is 9.51. The lowest BCUT2D eigenvalue weighted by atomic mass is 9.73. The number of methoxy groups -OCH3 is 2. The van der Waals surface area contributed by atoms with Crippen LogP contribution in [0.1, 0.15) is 56.8 Å². The van der Waals surface area contributed by atoms with Crippen LogP contribution in [-0.2, 0) is 14.3 Å². The van der Waals surface area contributed by atoms with Crippen molar-refractivity contribution in [3.8, 4) is 11.5 Å². The average Bonchev–Trinajstić information content (AvgIpc) is 2.63. The van der Waals surface area contributed by atoms with Gasteiger partial charge in [0.1, 0.15) is 16.9 Å². The van der Waals surface area contributed by atoms with Gasteiger partial charge in [0.05, 0.1) is 25.2 Å². The number of carbonyl (C=O) groups is 2. The van der Waals surface area contributed by atoms with Crippen LogP contribution in [0.15, 0.2) is 12.1 Å². The highest BCUT2D eigenvalue weighted by molar-refractivity contribution is 5.91. The summed E-state index contributed by atoms with van der Waals surface area (Å²) < 4.78 is 35.8. The predicted octanol–water partition coefficient (Wildman–Crippen LogP) is 3.83. The molecule has 29 heavy (non-hydrogen) atoms. The molecule has 0 aliphatic heterocycles. The largest absolute Gasteiger partial charge is 0.496 e. The van der Waals surface area contributed by atoms with Crippen LogP contribution in [0.2, 0.25) is 0 Å². The molecule has 1 aromatic rings. The van der Waals surface area contributed by atoms with Crippen LogP contribution in [-0.4, -0.2) is 49.6 Å². The second-order valence-corrected chi connectivity index (χ2v) is 8.32. The summed E-state index contributed by atoms with van der Waals surface area (Å²) in [6, 6.07) is 2.12. The highest BCUT2D eigenvalue weighted by atomic mass is 19.1. The van der Waals surface area contributed by atoms with Crippen molar-refractivity contribution in [3.63, 3.8) is 0 Å². The van der Waals surface area contributed by atoms with E-state index < -0.39 is 22.8 Å². The summed E-state index contributed by atoms with van der Waals surface area (Å²) in [5, 5.41) is 9.28. The molecule has 1 N–H and O–H groups in total. The lowest BCUT2D eigenvalue weighted by molar-refractivity contribution is -0.175. The summed E-state index contributed by atoms with van der Waals surface area (Å²) in [5.74, 6) is -2.47. The van der Waals surface area contributed by atoms with Gasteiger partial charge in [0.15, 0.2) is 11.6 Å². The van der Waals surface area contributed by atoms with Crippen molar-refractivity contribution >= 4 is 11.9 Å².